The molecule has 0 N–H and O–H groups in total. The van der Waals surface area contributed by atoms with Crippen molar-refractivity contribution in [1.29, 1.82) is 0 Å². The first-order valence-electron chi connectivity index (χ1n) is 7.37. The second kappa shape index (κ2) is 6.10. The number of hydrogen-bond donors (Lipinski definition) is 0. The molecule has 2 unspecified atom stereocenters. The zero-order chi connectivity index (χ0) is 16.6. The van der Waals surface area contributed by atoms with Crippen molar-refractivity contribution in [1.82, 2.24) is 9.21 Å². The summed E-state index contributed by atoms with van der Waals surface area (Å²) >= 11 is 0. The minimum Gasteiger partial charge on any atom is -0.497 e. The number of sulfonamides is 1. The molecule has 2 aliphatic rings. The van der Waals surface area contributed by atoms with Gasteiger partial charge in [0.15, 0.2) is 0 Å². The molecular formula is C15H20N2O5S. The molecule has 3 rings (SSSR count). The van der Waals surface area contributed by atoms with Crippen LogP contribution in [0.3, 0.4) is 0 Å². The largest absolute Gasteiger partial charge is 0.497 e. The van der Waals surface area contributed by atoms with Crippen LogP contribution in [0, 0.1) is 0 Å². The molecule has 1 amide bonds. The summed E-state index contributed by atoms with van der Waals surface area (Å²) in [6.45, 7) is 1.02. The number of carbonyl (C=O) groups excluding carboxylic acids is 1. The van der Waals surface area contributed by atoms with Gasteiger partial charge in [0, 0.05) is 19.6 Å². The number of amides is 1. The predicted molar refractivity (Wildman–Crippen MR) is 83.5 cm³/mol. The Labute approximate surface area is 135 Å². The molecule has 2 fully saturated rings. The average molecular weight is 340 g/mol. The van der Waals surface area contributed by atoms with E-state index in [-0.39, 0.29) is 31.2 Å². The molecule has 23 heavy (non-hydrogen) atoms. The maximum absolute atomic E-state index is 12.2. The molecule has 2 aliphatic heterocycles. The van der Waals surface area contributed by atoms with E-state index in [0.29, 0.717) is 13.1 Å². The van der Waals surface area contributed by atoms with Gasteiger partial charge in [-0.3, -0.25) is 4.79 Å². The lowest BCUT2D eigenvalue weighted by molar-refractivity contribution is -0.153. The third kappa shape index (κ3) is 3.34. The highest BCUT2D eigenvalue weighted by Crippen LogP contribution is 2.27. The Morgan fingerprint density at radius 3 is 2.57 bits per heavy atom. The van der Waals surface area contributed by atoms with E-state index in [1.807, 2.05) is 24.3 Å². The van der Waals surface area contributed by atoms with E-state index in [1.54, 1.807) is 12.0 Å². The van der Waals surface area contributed by atoms with Crippen molar-refractivity contribution in [2.45, 2.75) is 18.7 Å². The first kappa shape index (κ1) is 16.2. The van der Waals surface area contributed by atoms with Crippen molar-refractivity contribution in [2.75, 3.05) is 33.1 Å². The number of morpholine rings is 1. The Morgan fingerprint density at radius 1 is 1.26 bits per heavy atom. The van der Waals surface area contributed by atoms with Gasteiger partial charge in [-0.15, -0.1) is 0 Å². The zero-order valence-corrected chi connectivity index (χ0v) is 14.0. The summed E-state index contributed by atoms with van der Waals surface area (Å²) in [5.41, 5.74) is 0.970. The molecule has 2 heterocycles. The first-order chi connectivity index (χ1) is 10.9. The van der Waals surface area contributed by atoms with E-state index < -0.39 is 10.0 Å². The highest BCUT2D eigenvalue weighted by molar-refractivity contribution is 7.88. The van der Waals surface area contributed by atoms with Crippen molar-refractivity contribution < 1.29 is 22.7 Å². The van der Waals surface area contributed by atoms with Gasteiger partial charge >= 0.3 is 0 Å². The van der Waals surface area contributed by atoms with Gasteiger partial charge in [0.25, 0.3) is 0 Å². The fourth-order valence-corrected chi connectivity index (χ4v) is 3.88. The lowest BCUT2D eigenvalue weighted by Gasteiger charge is -2.36. The molecule has 2 saturated heterocycles. The van der Waals surface area contributed by atoms with Crippen LogP contribution in [0.1, 0.15) is 5.56 Å². The van der Waals surface area contributed by atoms with Crippen LogP contribution >= 0.6 is 0 Å². The zero-order valence-electron chi connectivity index (χ0n) is 13.1. The van der Waals surface area contributed by atoms with Crippen LogP contribution in [-0.2, 0) is 26.1 Å². The van der Waals surface area contributed by atoms with Crippen molar-refractivity contribution in [3.63, 3.8) is 0 Å². The second-order valence-electron chi connectivity index (χ2n) is 5.87. The normalized spacial score (nSPS) is 25.5. The number of methoxy groups -OCH3 is 1. The van der Waals surface area contributed by atoms with Crippen LogP contribution in [0.2, 0.25) is 0 Å². The Morgan fingerprint density at radius 2 is 1.96 bits per heavy atom. The molecule has 1 aromatic rings. The van der Waals surface area contributed by atoms with E-state index in [0.717, 1.165) is 11.3 Å². The van der Waals surface area contributed by atoms with Gasteiger partial charge < -0.3 is 14.4 Å². The molecule has 0 aliphatic carbocycles. The van der Waals surface area contributed by atoms with Crippen molar-refractivity contribution >= 4 is 15.9 Å². The Balaban J connectivity index is 1.77. The molecule has 8 heteroatoms. The highest BCUT2D eigenvalue weighted by Gasteiger charge is 2.45. The number of carbonyl (C=O) groups is 1. The molecule has 0 bridgehead atoms. The van der Waals surface area contributed by atoms with Crippen molar-refractivity contribution in [3.05, 3.63) is 29.8 Å². The summed E-state index contributed by atoms with van der Waals surface area (Å²) in [7, 11) is -1.68. The van der Waals surface area contributed by atoms with E-state index >= 15 is 0 Å². The van der Waals surface area contributed by atoms with E-state index in [2.05, 4.69) is 0 Å². The number of hydrogen-bond acceptors (Lipinski definition) is 5. The summed E-state index contributed by atoms with van der Waals surface area (Å²) in [4.78, 5) is 14.0. The van der Waals surface area contributed by atoms with E-state index in [1.165, 1.54) is 10.6 Å². The minimum atomic E-state index is -3.28. The number of fused-ring (bicyclic) bond motifs is 1. The van der Waals surface area contributed by atoms with Crippen molar-refractivity contribution in [2.24, 2.45) is 0 Å². The maximum Gasteiger partial charge on any atom is 0.249 e. The van der Waals surface area contributed by atoms with Crippen LogP contribution in [0.15, 0.2) is 24.3 Å². The van der Waals surface area contributed by atoms with Gasteiger partial charge in [0.2, 0.25) is 15.9 Å². The third-order valence-electron chi connectivity index (χ3n) is 4.33. The molecular weight excluding hydrogens is 320 g/mol. The Hall–Kier alpha value is -1.64. The number of rotatable bonds is 4. The summed E-state index contributed by atoms with van der Waals surface area (Å²) in [5.74, 6) is 0.640. The summed E-state index contributed by atoms with van der Waals surface area (Å²) in [6.07, 6.45) is 0.917. The molecule has 2 atom stereocenters. The fraction of sp³-hybridized carbons (Fsp3) is 0.533. The molecule has 0 aromatic heterocycles. The average Bonchev–Trinajstić information content (AvgIpc) is 2.95. The topological polar surface area (TPSA) is 76.2 Å². The molecule has 7 nitrogen and oxygen atoms in total. The monoisotopic (exact) mass is 340 g/mol. The van der Waals surface area contributed by atoms with Crippen LogP contribution in [0.25, 0.3) is 0 Å². The van der Waals surface area contributed by atoms with E-state index in [9.17, 15) is 13.2 Å². The maximum atomic E-state index is 12.2. The van der Waals surface area contributed by atoms with Crippen molar-refractivity contribution in [3.8, 4) is 5.75 Å². The number of ether oxygens (including phenoxy) is 2. The van der Waals surface area contributed by atoms with Gasteiger partial charge in [-0.05, 0) is 17.7 Å². The quantitative estimate of drug-likeness (QED) is 0.775. The van der Waals surface area contributed by atoms with Crippen LogP contribution < -0.4 is 4.74 Å². The van der Waals surface area contributed by atoms with Crippen LogP contribution in [-0.4, -0.2) is 68.7 Å². The summed E-state index contributed by atoms with van der Waals surface area (Å²) in [5, 5.41) is 0. The minimum absolute atomic E-state index is 0.00504. The predicted octanol–water partition coefficient (Wildman–Crippen LogP) is 0.0664. The molecule has 0 spiro atoms. The summed E-state index contributed by atoms with van der Waals surface area (Å²) in [6, 6.07) is 7.25. The van der Waals surface area contributed by atoms with Gasteiger partial charge in [-0.1, -0.05) is 12.1 Å². The lowest BCUT2D eigenvalue weighted by Crippen LogP contribution is -2.53. The summed E-state index contributed by atoms with van der Waals surface area (Å²) < 4.78 is 35.5. The Kier molecular flexibility index (Phi) is 4.31. The first-order valence-corrected chi connectivity index (χ1v) is 9.22. The molecule has 126 valence electrons. The Bertz CT molecular complexity index is 688. The lowest BCUT2D eigenvalue weighted by atomic mass is 10.1. The highest BCUT2D eigenvalue weighted by atomic mass is 32.2. The van der Waals surface area contributed by atoms with Crippen LogP contribution in [0.4, 0.5) is 0 Å². The van der Waals surface area contributed by atoms with Gasteiger partial charge in [0.05, 0.1) is 25.5 Å². The van der Waals surface area contributed by atoms with Crippen LogP contribution in [0.5, 0.6) is 5.75 Å². The van der Waals surface area contributed by atoms with Gasteiger partial charge in [-0.2, -0.15) is 4.31 Å². The molecule has 0 radical (unpaired) electrons. The van der Waals surface area contributed by atoms with Gasteiger partial charge in [0.1, 0.15) is 12.4 Å². The standard InChI is InChI=1S/C15H20N2O5S/c1-21-12-5-3-11(4-6-12)7-17-13-8-16(23(2,19)20)9-14(13)22-10-15(17)18/h3-6,13-14H,7-10H2,1-2H3. The molecule has 0 saturated carbocycles. The smallest absolute Gasteiger partial charge is 0.249 e. The SMILES string of the molecule is COc1ccc(CN2C(=O)COC3CN(S(C)(=O)=O)CC32)cc1. The molecule has 1 aromatic carbocycles. The second-order valence-corrected chi connectivity index (χ2v) is 7.85. The van der Waals surface area contributed by atoms with Gasteiger partial charge in [-0.25, -0.2) is 8.42 Å². The third-order valence-corrected chi connectivity index (χ3v) is 5.56. The fourth-order valence-electron chi connectivity index (χ4n) is 3.04. The van der Waals surface area contributed by atoms with E-state index in [4.69, 9.17) is 9.47 Å². The number of nitrogens with zero attached hydrogens (tertiary/aromatic N) is 2. The number of benzene rings is 1.